The van der Waals surface area contributed by atoms with E-state index in [1.54, 1.807) is 36.4 Å². The third-order valence-corrected chi connectivity index (χ3v) is 4.60. The minimum absolute atomic E-state index is 0.289. The summed E-state index contributed by atoms with van der Waals surface area (Å²) in [6, 6.07) is 9.22. The second kappa shape index (κ2) is 9.27. The maximum Gasteiger partial charge on any atom is 0.305 e. The van der Waals surface area contributed by atoms with E-state index in [0.29, 0.717) is 32.8 Å². The SMILES string of the molecule is COc1ccc(Br)c(C(=O)N[C@@H](CC(=O)O)c2ccc(OC)c(OC)c2)c1. The lowest BCUT2D eigenvalue weighted by Gasteiger charge is -2.19. The van der Waals surface area contributed by atoms with Crippen molar-refractivity contribution in [2.45, 2.75) is 12.5 Å². The highest BCUT2D eigenvalue weighted by molar-refractivity contribution is 9.10. The molecule has 2 aromatic rings. The Balaban J connectivity index is 2.35. The second-order valence-electron chi connectivity index (χ2n) is 5.58. The molecule has 2 aromatic carbocycles. The third-order valence-electron chi connectivity index (χ3n) is 3.91. The molecule has 2 rings (SSSR count). The molecule has 0 heterocycles. The smallest absolute Gasteiger partial charge is 0.305 e. The van der Waals surface area contributed by atoms with Crippen LogP contribution in [0.25, 0.3) is 0 Å². The van der Waals surface area contributed by atoms with Crippen molar-refractivity contribution in [1.29, 1.82) is 0 Å². The number of halogens is 1. The molecule has 1 atom stereocenters. The Hall–Kier alpha value is -2.74. The van der Waals surface area contributed by atoms with Gasteiger partial charge in [-0.3, -0.25) is 9.59 Å². The predicted molar refractivity (Wildman–Crippen MR) is 103 cm³/mol. The van der Waals surface area contributed by atoms with Gasteiger partial charge in [-0.1, -0.05) is 6.07 Å². The Morgan fingerprint density at radius 1 is 1.04 bits per heavy atom. The van der Waals surface area contributed by atoms with Gasteiger partial charge in [0.1, 0.15) is 5.75 Å². The van der Waals surface area contributed by atoms with Gasteiger partial charge in [-0.2, -0.15) is 0 Å². The van der Waals surface area contributed by atoms with Crippen molar-refractivity contribution < 1.29 is 28.9 Å². The lowest BCUT2D eigenvalue weighted by molar-refractivity contribution is -0.137. The summed E-state index contributed by atoms with van der Waals surface area (Å²) in [6.45, 7) is 0. The maximum absolute atomic E-state index is 12.7. The van der Waals surface area contributed by atoms with E-state index in [-0.39, 0.29) is 6.42 Å². The third kappa shape index (κ3) is 5.13. The number of carbonyl (C=O) groups is 2. The van der Waals surface area contributed by atoms with Gasteiger partial charge in [-0.25, -0.2) is 0 Å². The summed E-state index contributed by atoms with van der Waals surface area (Å²) in [4.78, 5) is 24.0. The fourth-order valence-corrected chi connectivity index (χ4v) is 2.96. The van der Waals surface area contributed by atoms with Gasteiger partial charge in [0.05, 0.1) is 39.4 Å². The molecule has 144 valence electrons. The Morgan fingerprint density at radius 3 is 2.33 bits per heavy atom. The summed E-state index contributed by atoms with van der Waals surface area (Å²) in [5, 5.41) is 12.0. The van der Waals surface area contributed by atoms with Crippen molar-refractivity contribution in [3.8, 4) is 17.2 Å². The molecule has 0 saturated carbocycles. The van der Waals surface area contributed by atoms with Crippen LogP contribution in [0.15, 0.2) is 40.9 Å². The van der Waals surface area contributed by atoms with Crippen LogP contribution in [0.5, 0.6) is 17.2 Å². The molecule has 7 nitrogen and oxygen atoms in total. The van der Waals surface area contributed by atoms with Crippen LogP contribution in [0.4, 0.5) is 0 Å². The van der Waals surface area contributed by atoms with Gasteiger partial charge in [-0.05, 0) is 51.8 Å². The van der Waals surface area contributed by atoms with Gasteiger partial charge in [0.25, 0.3) is 5.91 Å². The van der Waals surface area contributed by atoms with Gasteiger partial charge in [0.15, 0.2) is 11.5 Å². The monoisotopic (exact) mass is 437 g/mol. The number of nitrogens with one attached hydrogen (secondary N) is 1. The predicted octanol–water partition coefficient (Wildman–Crippen LogP) is 3.42. The standard InChI is InChI=1S/C19H20BrNO6/c1-25-12-5-6-14(20)13(9-12)19(24)21-15(10-18(22)23)11-4-7-16(26-2)17(8-11)27-3/h4-9,15H,10H2,1-3H3,(H,21,24)(H,22,23)/t15-/m0/s1. The first kappa shape index (κ1) is 20.6. The van der Waals surface area contributed by atoms with Crippen molar-refractivity contribution >= 4 is 27.8 Å². The second-order valence-corrected chi connectivity index (χ2v) is 6.44. The van der Waals surface area contributed by atoms with Crippen molar-refractivity contribution in [1.82, 2.24) is 5.32 Å². The van der Waals surface area contributed by atoms with Crippen LogP contribution < -0.4 is 19.5 Å². The largest absolute Gasteiger partial charge is 0.497 e. The first-order chi connectivity index (χ1) is 12.9. The zero-order valence-corrected chi connectivity index (χ0v) is 16.7. The number of methoxy groups -OCH3 is 3. The van der Waals surface area contributed by atoms with E-state index >= 15 is 0 Å². The molecular formula is C19H20BrNO6. The molecule has 2 N–H and O–H groups in total. The molecule has 0 saturated heterocycles. The van der Waals surface area contributed by atoms with Crippen LogP contribution in [-0.2, 0) is 4.79 Å². The fraction of sp³-hybridized carbons (Fsp3) is 0.263. The van der Waals surface area contributed by atoms with Gasteiger partial charge < -0.3 is 24.6 Å². The molecule has 0 fully saturated rings. The average molecular weight is 438 g/mol. The van der Waals surface area contributed by atoms with E-state index in [2.05, 4.69) is 21.2 Å². The average Bonchev–Trinajstić information content (AvgIpc) is 2.66. The quantitative estimate of drug-likeness (QED) is 0.656. The Labute approximate surface area is 165 Å². The summed E-state index contributed by atoms with van der Waals surface area (Å²) in [5.41, 5.74) is 0.924. The molecule has 0 radical (unpaired) electrons. The number of aliphatic carboxylic acids is 1. The van der Waals surface area contributed by atoms with Crippen LogP contribution in [0.1, 0.15) is 28.4 Å². The summed E-state index contributed by atoms with van der Waals surface area (Å²) in [7, 11) is 4.50. The first-order valence-electron chi connectivity index (χ1n) is 7.97. The summed E-state index contributed by atoms with van der Waals surface area (Å²) in [6.07, 6.45) is -0.289. The molecule has 0 aliphatic carbocycles. The zero-order chi connectivity index (χ0) is 20.0. The van der Waals surface area contributed by atoms with Crippen LogP contribution in [0, 0.1) is 0 Å². The normalized spacial score (nSPS) is 11.4. The summed E-state index contributed by atoms with van der Waals surface area (Å²) in [5.74, 6) is 0.00486. The number of hydrogen-bond acceptors (Lipinski definition) is 5. The minimum Gasteiger partial charge on any atom is -0.497 e. The van der Waals surface area contributed by atoms with E-state index in [1.807, 2.05) is 0 Å². The van der Waals surface area contributed by atoms with Crippen molar-refractivity contribution in [2.24, 2.45) is 0 Å². The lowest BCUT2D eigenvalue weighted by atomic mass is 10.0. The number of carbonyl (C=O) groups excluding carboxylic acids is 1. The minimum atomic E-state index is -1.04. The molecule has 8 heteroatoms. The fourth-order valence-electron chi connectivity index (χ4n) is 2.54. The van der Waals surface area contributed by atoms with Crippen LogP contribution in [-0.4, -0.2) is 38.3 Å². The zero-order valence-electron chi connectivity index (χ0n) is 15.1. The summed E-state index contributed by atoms with van der Waals surface area (Å²) >= 11 is 3.33. The van der Waals surface area contributed by atoms with Gasteiger partial charge in [0, 0.05) is 4.47 Å². The molecule has 0 aromatic heterocycles. The van der Waals surface area contributed by atoms with E-state index in [4.69, 9.17) is 14.2 Å². The molecule has 0 aliphatic heterocycles. The number of carboxylic acids is 1. The van der Waals surface area contributed by atoms with Crippen LogP contribution in [0.3, 0.4) is 0 Å². The van der Waals surface area contributed by atoms with Gasteiger partial charge >= 0.3 is 5.97 Å². The van der Waals surface area contributed by atoms with E-state index < -0.39 is 17.9 Å². The molecule has 0 bridgehead atoms. The summed E-state index contributed by atoms with van der Waals surface area (Å²) < 4.78 is 16.2. The first-order valence-corrected chi connectivity index (χ1v) is 8.77. The van der Waals surface area contributed by atoms with E-state index in [1.165, 1.54) is 21.3 Å². The maximum atomic E-state index is 12.7. The van der Waals surface area contributed by atoms with Crippen molar-refractivity contribution in [2.75, 3.05) is 21.3 Å². The van der Waals surface area contributed by atoms with E-state index in [9.17, 15) is 14.7 Å². The van der Waals surface area contributed by atoms with Crippen LogP contribution in [0.2, 0.25) is 0 Å². The number of ether oxygens (including phenoxy) is 3. The van der Waals surface area contributed by atoms with Gasteiger partial charge in [-0.15, -0.1) is 0 Å². The highest BCUT2D eigenvalue weighted by atomic mass is 79.9. The number of rotatable bonds is 8. The Bertz CT molecular complexity index is 839. The van der Waals surface area contributed by atoms with Crippen molar-refractivity contribution in [3.05, 3.63) is 52.0 Å². The highest BCUT2D eigenvalue weighted by Crippen LogP contribution is 2.31. The van der Waals surface area contributed by atoms with Gasteiger partial charge in [0.2, 0.25) is 0 Å². The molecule has 27 heavy (non-hydrogen) atoms. The molecular weight excluding hydrogens is 418 g/mol. The Morgan fingerprint density at radius 2 is 1.74 bits per heavy atom. The molecule has 0 unspecified atom stereocenters. The topological polar surface area (TPSA) is 94.1 Å². The lowest BCUT2D eigenvalue weighted by Crippen LogP contribution is -2.30. The molecule has 1 amide bonds. The van der Waals surface area contributed by atoms with E-state index in [0.717, 1.165) is 0 Å². The molecule has 0 aliphatic rings. The van der Waals surface area contributed by atoms with Crippen LogP contribution >= 0.6 is 15.9 Å². The number of benzene rings is 2. The number of carboxylic acid groups (broad SMARTS) is 1. The number of amides is 1. The Kier molecular flexibility index (Phi) is 7.06. The highest BCUT2D eigenvalue weighted by Gasteiger charge is 2.22. The molecule has 0 spiro atoms. The number of hydrogen-bond donors (Lipinski definition) is 2. The van der Waals surface area contributed by atoms with Crippen molar-refractivity contribution in [3.63, 3.8) is 0 Å².